The number of para-hydroxylation sites is 2. The Morgan fingerprint density at radius 2 is 1.37 bits per heavy atom. The first-order valence-electron chi connectivity index (χ1n) is 16.9. The highest BCUT2D eigenvalue weighted by molar-refractivity contribution is 5.87. The summed E-state index contributed by atoms with van der Waals surface area (Å²) in [7, 11) is 0. The van der Waals surface area contributed by atoms with Crippen LogP contribution < -0.4 is 11.3 Å². The molecule has 1 fully saturated rings. The Bertz CT molecular complexity index is 1340. The molecule has 3 aromatic rings. The van der Waals surface area contributed by atoms with Crippen molar-refractivity contribution in [3.63, 3.8) is 0 Å². The summed E-state index contributed by atoms with van der Waals surface area (Å²) in [6.07, 6.45) is 19.2. The van der Waals surface area contributed by atoms with Gasteiger partial charge in [0.15, 0.2) is 0 Å². The highest BCUT2D eigenvalue weighted by Gasteiger charge is 2.20. The van der Waals surface area contributed by atoms with E-state index in [0.29, 0.717) is 5.78 Å². The summed E-state index contributed by atoms with van der Waals surface area (Å²) in [6.45, 7) is 8.74. The van der Waals surface area contributed by atoms with Crippen LogP contribution in [0.2, 0.25) is 0 Å². The van der Waals surface area contributed by atoms with E-state index in [9.17, 15) is 4.79 Å². The third-order valence-electron chi connectivity index (χ3n) is 8.84. The number of Topliss-reactive ketones (excluding diaryl/α,β-unsaturated/α-hetero) is 1. The van der Waals surface area contributed by atoms with Crippen molar-refractivity contribution in [2.75, 3.05) is 5.43 Å². The summed E-state index contributed by atoms with van der Waals surface area (Å²) in [5.41, 5.74) is 10.6. The Labute approximate surface area is 275 Å². The number of nitrogens with two attached hydrogens (primary N) is 1. The van der Waals surface area contributed by atoms with Crippen LogP contribution in [-0.2, 0) is 36.8 Å². The van der Waals surface area contributed by atoms with E-state index in [2.05, 4.69) is 49.4 Å². The Hall–Kier alpha value is -3.83. The molecule has 1 saturated carbocycles. The van der Waals surface area contributed by atoms with Crippen LogP contribution in [0.15, 0.2) is 42.5 Å². The monoisotopic (exact) mass is 633 g/mol. The van der Waals surface area contributed by atoms with Gasteiger partial charge < -0.3 is 10.4 Å². The summed E-state index contributed by atoms with van der Waals surface area (Å²) in [6, 6.07) is 14.6. The summed E-state index contributed by atoms with van der Waals surface area (Å²) in [5, 5.41) is 1.48. The first kappa shape index (κ1) is 40.2. The van der Waals surface area contributed by atoms with E-state index in [0.717, 1.165) is 36.8 Å². The number of unbranched alkanes of at least 4 members (excludes halogenated alkanes) is 2. The number of hydrogen-bond acceptors (Lipinski definition) is 7. The number of fused-ring (bicyclic) bond motifs is 3. The molecule has 2 atom stereocenters. The molecule has 4 N–H and O–H groups in total. The van der Waals surface area contributed by atoms with Crippen molar-refractivity contribution in [2.24, 2.45) is 17.7 Å². The number of rotatable bonds is 7. The third-order valence-corrected chi connectivity index (χ3v) is 8.84. The highest BCUT2D eigenvalue weighted by atomic mass is 16.2. The third kappa shape index (κ3) is 15.0. The van der Waals surface area contributed by atoms with Gasteiger partial charge in [0.25, 0.3) is 0 Å². The zero-order valence-corrected chi connectivity index (χ0v) is 28.4. The minimum Gasteiger partial charge on any atom is -0.358 e. The average Bonchev–Trinajstić information content (AvgIpc) is 3.15. The topological polar surface area (TPSA) is 139 Å². The van der Waals surface area contributed by atoms with Crippen LogP contribution in [0.5, 0.6) is 0 Å². The van der Waals surface area contributed by atoms with Crippen molar-refractivity contribution in [3.05, 3.63) is 64.8 Å². The maximum Gasteiger partial charge on any atom is 0.373 e. The standard InChI is InChI=1S/C18H25N.C11H20O.C7H10N2.2CO2/c1-3-4-8-14-9-6-10-15-16-11-5-7-13(2)18(16)19-17(15)12-14;1-2-3-6-10-7-4-5-8-11(12)9-10;1-6-4-2-3-5-7(6)9-8;2*2-1-3/h5,7,11,14,19H,3-4,6,8-10,12H2,1-2H3;10H,2-9H2,1H3;2-5,9H,8H2,1H3;;. The second-order valence-corrected chi connectivity index (χ2v) is 12.3. The van der Waals surface area contributed by atoms with Gasteiger partial charge in [-0.05, 0) is 80.5 Å². The minimum atomic E-state index is 0.250. The summed E-state index contributed by atoms with van der Waals surface area (Å²) in [5.74, 6) is 7.33. The molecule has 0 saturated heterocycles. The average molecular weight is 634 g/mol. The lowest BCUT2D eigenvalue weighted by atomic mass is 9.94. The first-order chi connectivity index (χ1) is 22.3. The molecule has 2 aromatic carbocycles. The maximum atomic E-state index is 11.3. The highest BCUT2D eigenvalue weighted by Crippen LogP contribution is 2.33. The van der Waals surface area contributed by atoms with Gasteiger partial charge in [-0.3, -0.25) is 10.6 Å². The van der Waals surface area contributed by atoms with Gasteiger partial charge in [0.2, 0.25) is 0 Å². The number of aromatic nitrogens is 1. The molecule has 1 heterocycles. The van der Waals surface area contributed by atoms with Crippen molar-refractivity contribution < 1.29 is 24.0 Å². The molecule has 0 amide bonds. The molecule has 252 valence electrons. The molecular weight excluding hydrogens is 578 g/mol. The van der Waals surface area contributed by atoms with Gasteiger partial charge in [0.05, 0.1) is 5.69 Å². The van der Waals surface area contributed by atoms with Gasteiger partial charge in [0, 0.05) is 29.4 Å². The van der Waals surface area contributed by atoms with Gasteiger partial charge in [-0.15, -0.1) is 0 Å². The molecule has 5 rings (SSSR count). The Morgan fingerprint density at radius 1 is 0.783 bits per heavy atom. The smallest absolute Gasteiger partial charge is 0.358 e. The zero-order valence-electron chi connectivity index (χ0n) is 28.4. The molecule has 0 radical (unpaired) electrons. The van der Waals surface area contributed by atoms with E-state index < -0.39 is 0 Å². The second-order valence-electron chi connectivity index (χ2n) is 12.3. The molecule has 8 nitrogen and oxygen atoms in total. The van der Waals surface area contributed by atoms with E-state index >= 15 is 0 Å². The van der Waals surface area contributed by atoms with Crippen molar-refractivity contribution >= 4 is 34.7 Å². The van der Waals surface area contributed by atoms with Gasteiger partial charge in [0.1, 0.15) is 5.78 Å². The number of aryl methyl sites for hydroxylation is 3. The SMILES string of the molecule is CCCCC1CCCCC(=O)C1.CCCCC1CCCc2c([nH]c3c(C)cccc23)C1.Cc1ccccc1NN.O=C=O.O=C=O. The number of benzene rings is 2. The molecule has 2 aliphatic carbocycles. The number of H-pyrrole nitrogens is 1. The molecule has 0 bridgehead atoms. The number of ketones is 1. The molecule has 2 aliphatic rings. The van der Waals surface area contributed by atoms with Gasteiger partial charge in [-0.1, -0.05) is 102 Å². The lowest BCUT2D eigenvalue weighted by Crippen LogP contribution is -2.07. The van der Waals surface area contributed by atoms with E-state index in [1.54, 1.807) is 5.56 Å². The van der Waals surface area contributed by atoms with Crippen LogP contribution in [0.25, 0.3) is 10.9 Å². The maximum absolute atomic E-state index is 11.3. The zero-order chi connectivity index (χ0) is 34.2. The van der Waals surface area contributed by atoms with Crippen LogP contribution >= 0.6 is 0 Å². The molecule has 0 aliphatic heterocycles. The van der Waals surface area contributed by atoms with Crippen LogP contribution in [0, 0.1) is 25.7 Å². The fourth-order valence-corrected chi connectivity index (χ4v) is 6.39. The van der Waals surface area contributed by atoms with E-state index in [-0.39, 0.29) is 12.3 Å². The second kappa shape index (κ2) is 24.4. The first-order valence-corrected chi connectivity index (χ1v) is 16.9. The number of nitrogens with one attached hydrogen (secondary N) is 2. The Balaban J connectivity index is 0.000000337. The number of hydrogen-bond donors (Lipinski definition) is 3. The van der Waals surface area contributed by atoms with Gasteiger partial charge in [-0.2, -0.15) is 19.2 Å². The normalized spacial score (nSPS) is 16.8. The molecular formula is C38H55N3O5. The van der Waals surface area contributed by atoms with Gasteiger partial charge in [-0.25, -0.2) is 0 Å². The summed E-state index contributed by atoms with van der Waals surface area (Å²) >= 11 is 0. The number of aromatic amines is 1. The quantitative estimate of drug-likeness (QED) is 0.102. The number of hydrazine groups is 1. The van der Waals surface area contributed by atoms with Crippen LogP contribution in [0.3, 0.4) is 0 Å². The summed E-state index contributed by atoms with van der Waals surface area (Å²) in [4.78, 5) is 47.5. The van der Waals surface area contributed by atoms with Crippen LogP contribution in [0.1, 0.15) is 120 Å². The molecule has 8 heteroatoms. The van der Waals surface area contributed by atoms with E-state index in [1.165, 1.54) is 105 Å². The minimum absolute atomic E-state index is 0.250. The Kier molecular flexibility index (Phi) is 21.3. The molecule has 46 heavy (non-hydrogen) atoms. The van der Waals surface area contributed by atoms with Gasteiger partial charge >= 0.3 is 12.3 Å². The molecule has 2 unspecified atom stereocenters. The fraction of sp³-hybridized carbons (Fsp3) is 0.553. The van der Waals surface area contributed by atoms with Crippen molar-refractivity contribution in [3.8, 4) is 0 Å². The van der Waals surface area contributed by atoms with Crippen LogP contribution in [-0.4, -0.2) is 23.1 Å². The molecule has 1 aromatic heterocycles. The fourth-order valence-electron chi connectivity index (χ4n) is 6.39. The van der Waals surface area contributed by atoms with Crippen LogP contribution in [0.4, 0.5) is 5.69 Å². The number of carbonyl (C=O) groups excluding carboxylic acids is 5. The summed E-state index contributed by atoms with van der Waals surface area (Å²) < 4.78 is 0. The van der Waals surface area contributed by atoms with Crippen molar-refractivity contribution in [2.45, 2.75) is 124 Å². The van der Waals surface area contributed by atoms with E-state index in [4.69, 9.17) is 25.0 Å². The number of carbonyl (C=O) groups is 1. The molecule has 0 spiro atoms. The lowest BCUT2D eigenvalue weighted by Gasteiger charge is -2.13. The largest absolute Gasteiger partial charge is 0.373 e. The lowest BCUT2D eigenvalue weighted by molar-refractivity contribution is -0.193. The predicted molar refractivity (Wildman–Crippen MR) is 183 cm³/mol. The van der Waals surface area contributed by atoms with E-state index in [1.807, 2.05) is 31.2 Å². The predicted octanol–water partition coefficient (Wildman–Crippen LogP) is 8.60. The van der Waals surface area contributed by atoms with Crippen molar-refractivity contribution in [1.29, 1.82) is 0 Å². The van der Waals surface area contributed by atoms with Crippen molar-refractivity contribution in [1.82, 2.24) is 4.98 Å². The number of anilines is 1. The number of nitrogen functional groups attached to an aromatic ring is 1. The Morgan fingerprint density at radius 3 is 1.96 bits per heavy atom.